The summed E-state index contributed by atoms with van der Waals surface area (Å²) in [6.07, 6.45) is -3.19. The summed E-state index contributed by atoms with van der Waals surface area (Å²) in [5, 5.41) is 4.37. The van der Waals surface area contributed by atoms with Crippen LogP contribution in [0, 0.1) is 5.92 Å². The van der Waals surface area contributed by atoms with Crippen molar-refractivity contribution in [3.8, 4) is 0 Å². The van der Waals surface area contributed by atoms with Crippen LogP contribution in [0.3, 0.4) is 0 Å². The number of benzene rings is 1. The highest BCUT2D eigenvalue weighted by atomic mass is 35.5. The Morgan fingerprint density at radius 2 is 1.94 bits per heavy atom. The fraction of sp³-hybridized carbons (Fsp3) is 0.429. The minimum absolute atomic E-state index is 0.0177. The number of amides is 2. The molecule has 8 nitrogen and oxygen atoms in total. The monoisotopic (exact) mass is 483 g/mol. The number of halogens is 4. The molecule has 4 rings (SSSR count). The number of aromatic amines is 1. The first-order valence-corrected chi connectivity index (χ1v) is 10.8. The van der Waals surface area contributed by atoms with E-state index in [9.17, 15) is 27.6 Å². The van der Waals surface area contributed by atoms with Crippen molar-refractivity contribution in [3.05, 3.63) is 44.7 Å². The number of piperidine rings is 1. The number of aromatic nitrogens is 2. The van der Waals surface area contributed by atoms with E-state index >= 15 is 0 Å². The number of anilines is 3. The summed E-state index contributed by atoms with van der Waals surface area (Å²) in [5.74, 6) is -1.69. The third kappa shape index (κ3) is 4.82. The highest BCUT2D eigenvalue weighted by Crippen LogP contribution is 2.37. The Balaban J connectivity index is 1.62. The van der Waals surface area contributed by atoms with E-state index in [2.05, 4.69) is 27.5 Å². The zero-order valence-corrected chi connectivity index (χ0v) is 18.3. The van der Waals surface area contributed by atoms with Gasteiger partial charge in [-0.15, -0.1) is 0 Å². The molecule has 1 aromatic heterocycles. The number of nitrogens with zero attached hydrogens (tertiary/aromatic N) is 2. The topological polar surface area (TPSA) is 107 Å². The molecule has 33 heavy (non-hydrogen) atoms. The Morgan fingerprint density at radius 3 is 2.61 bits per heavy atom. The summed E-state index contributed by atoms with van der Waals surface area (Å²) in [5.41, 5.74) is -1.89. The molecule has 2 aliphatic heterocycles. The lowest BCUT2D eigenvalue weighted by Crippen LogP contribution is -2.39. The van der Waals surface area contributed by atoms with Gasteiger partial charge in [0.1, 0.15) is 5.82 Å². The second-order valence-corrected chi connectivity index (χ2v) is 8.72. The molecule has 2 amide bonds. The Kier molecular flexibility index (Phi) is 6.08. The summed E-state index contributed by atoms with van der Waals surface area (Å²) in [7, 11) is 0. The van der Waals surface area contributed by atoms with Gasteiger partial charge >= 0.3 is 6.18 Å². The van der Waals surface area contributed by atoms with Crippen molar-refractivity contribution in [2.45, 2.75) is 38.3 Å². The normalized spacial score (nSPS) is 19.1. The number of carbonyl (C=O) groups is 2. The van der Waals surface area contributed by atoms with Crippen LogP contribution in [0.15, 0.2) is 23.0 Å². The van der Waals surface area contributed by atoms with Crippen molar-refractivity contribution in [1.82, 2.24) is 9.97 Å². The van der Waals surface area contributed by atoms with Gasteiger partial charge in [0.25, 0.3) is 5.56 Å². The number of hydrogen-bond acceptors (Lipinski definition) is 5. The molecule has 1 aromatic carbocycles. The molecular weight excluding hydrogens is 463 g/mol. The lowest BCUT2D eigenvalue weighted by molar-refractivity contribution is -0.137. The summed E-state index contributed by atoms with van der Waals surface area (Å²) in [6.45, 7) is 3.53. The Hall–Kier alpha value is -3.08. The number of rotatable bonds is 3. The predicted octanol–water partition coefficient (Wildman–Crippen LogP) is 3.74. The number of alkyl halides is 3. The first kappa shape index (κ1) is 23.1. The van der Waals surface area contributed by atoms with Crippen LogP contribution in [-0.2, 0) is 15.8 Å². The lowest BCUT2D eigenvalue weighted by Gasteiger charge is -2.31. The van der Waals surface area contributed by atoms with Gasteiger partial charge in [-0.1, -0.05) is 18.5 Å². The smallest absolute Gasteiger partial charge is 0.342 e. The molecule has 0 aliphatic carbocycles. The Labute approximate surface area is 191 Å². The second-order valence-electron chi connectivity index (χ2n) is 8.31. The molecule has 0 saturated carbocycles. The SMILES string of the molecule is CC1CCN(c2nc3c(c(=O)[nH]2)[C@H](C(=O)Nc2ccc(Cl)c(C(F)(F)F)c2)CC(=O)N3)CC1. The van der Waals surface area contributed by atoms with Crippen molar-refractivity contribution < 1.29 is 22.8 Å². The van der Waals surface area contributed by atoms with Crippen molar-refractivity contribution in [3.63, 3.8) is 0 Å². The van der Waals surface area contributed by atoms with E-state index in [1.54, 1.807) is 0 Å². The van der Waals surface area contributed by atoms with Gasteiger partial charge in [0.05, 0.1) is 22.1 Å². The molecular formula is C21H21ClF3N5O3. The maximum atomic E-state index is 13.1. The number of nitrogens with one attached hydrogen (secondary N) is 3. The van der Waals surface area contributed by atoms with E-state index in [0.29, 0.717) is 31.0 Å². The lowest BCUT2D eigenvalue weighted by atomic mass is 9.92. The van der Waals surface area contributed by atoms with Gasteiger partial charge in [-0.05, 0) is 37.0 Å². The Bertz CT molecular complexity index is 1160. The molecule has 1 fully saturated rings. The first-order chi connectivity index (χ1) is 15.5. The molecule has 0 spiro atoms. The van der Waals surface area contributed by atoms with Crippen LogP contribution in [0.2, 0.25) is 5.02 Å². The molecule has 2 aromatic rings. The molecule has 0 radical (unpaired) electrons. The fourth-order valence-corrected chi connectivity index (χ4v) is 4.23. The third-order valence-electron chi connectivity index (χ3n) is 5.88. The Morgan fingerprint density at radius 1 is 1.24 bits per heavy atom. The standard InChI is InChI=1S/C21H21ClF3N5O3/c1-10-4-6-30(7-5-10)20-28-17-16(19(33)29-20)12(9-15(31)27-17)18(32)26-11-2-3-14(22)13(8-11)21(23,24)25/h2-3,8,10,12H,4-7,9H2,1H3,(H,26,32)(H2,27,28,29,31,33)/t12-/m1/s1. The summed E-state index contributed by atoms with van der Waals surface area (Å²) in [4.78, 5) is 47.0. The van der Waals surface area contributed by atoms with Crippen LogP contribution in [0.4, 0.5) is 30.6 Å². The highest BCUT2D eigenvalue weighted by molar-refractivity contribution is 6.31. The second kappa shape index (κ2) is 8.69. The molecule has 3 heterocycles. The average Bonchev–Trinajstić information content (AvgIpc) is 2.73. The molecule has 3 N–H and O–H groups in total. The minimum Gasteiger partial charge on any atom is -0.342 e. The van der Waals surface area contributed by atoms with E-state index in [1.807, 2.05) is 4.90 Å². The maximum Gasteiger partial charge on any atom is 0.417 e. The van der Waals surface area contributed by atoms with Crippen molar-refractivity contribution in [2.24, 2.45) is 5.92 Å². The quantitative estimate of drug-likeness (QED) is 0.616. The van der Waals surface area contributed by atoms with E-state index < -0.39 is 40.1 Å². The molecule has 0 bridgehead atoms. The van der Waals surface area contributed by atoms with Gasteiger partial charge in [0.15, 0.2) is 0 Å². The summed E-state index contributed by atoms with van der Waals surface area (Å²) < 4.78 is 39.4. The predicted molar refractivity (Wildman–Crippen MR) is 117 cm³/mol. The van der Waals surface area contributed by atoms with Crippen molar-refractivity contribution in [2.75, 3.05) is 28.6 Å². The number of hydrogen-bond donors (Lipinski definition) is 3. The minimum atomic E-state index is -4.71. The number of carbonyl (C=O) groups excluding carboxylic acids is 2. The molecule has 1 saturated heterocycles. The molecule has 1 atom stereocenters. The number of fused-ring (bicyclic) bond motifs is 1. The van der Waals surface area contributed by atoms with Gasteiger partial charge in [-0.3, -0.25) is 19.4 Å². The molecule has 12 heteroatoms. The average molecular weight is 484 g/mol. The van der Waals surface area contributed by atoms with E-state index in [1.165, 1.54) is 6.07 Å². The van der Waals surface area contributed by atoms with E-state index in [4.69, 9.17) is 11.6 Å². The van der Waals surface area contributed by atoms with Crippen LogP contribution in [-0.4, -0.2) is 34.9 Å². The molecule has 176 valence electrons. The first-order valence-electron chi connectivity index (χ1n) is 10.4. The largest absolute Gasteiger partial charge is 0.417 e. The van der Waals surface area contributed by atoms with E-state index in [-0.39, 0.29) is 23.5 Å². The van der Waals surface area contributed by atoms with Crippen LogP contribution in [0.25, 0.3) is 0 Å². The van der Waals surface area contributed by atoms with Gasteiger partial charge < -0.3 is 15.5 Å². The van der Waals surface area contributed by atoms with Crippen LogP contribution in [0.5, 0.6) is 0 Å². The maximum absolute atomic E-state index is 13.1. The zero-order chi connectivity index (χ0) is 23.9. The molecule has 2 aliphatic rings. The summed E-state index contributed by atoms with van der Waals surface area (Å²) >= 11 is 5.62. The van der Waals surface area contributed by atoms with Gasteiger partial charge in [0, 0.05) is 25.2 Å². The van der Waals surface area contributed by atoms with Gasteiger partial charge in [0.2, 0.25) is 17.8 Å². The van der Waals surface area contributed by atoms with Crippen molar-refractivity contribution >= 4 is 40.9 Å². The third-order valence-corrected chi connectivity index (χ3v) is 6.21. The van der Waals surface area contributed by atoms with Crippen molar-refractivity contribution in [1.29, 1.82) is 0 Å². The van der Waals surface area contributed by atoms with Gasteiger partial charge in [-0.2, -0.15) is 18.2 Å². The highest BCUT2D eigenvalue weighted by Gasteiger charge is 2.37. The van der Waals surface area contributed by atoms with Gasteiger partial charge in [-0.25, -0.2) is 0 Å². The van der Waals surface area contributed by atoms with Crippen LogP contribution >= 0.6 is 11.6 Å². The fourth-order valence-electron chi connectivity index (χ4n) is 4.00. The zero-order valence-electron chi connectivity index (χ0n) is 17.6. The molecule has 0 unspecified atom stereocenters. The number of H-pyrrole nitrogens is 1. The van der Waals surface area contributed by atoms with Crippen LogP contribution in [0.1, 0.15) is 43.2 Å². The summed E-state index contributed by atoms with van der Waals surface area (Å²) in [6, 6.07) is 2.93. The van der Waals surface area contributed by atoms with Crippen LogP contribution < -0.4 is 21.1 Å². The van der Waals surface area contributed by atoms with E-state index in [0.717, 1.165) is 18.9 Å².